The van der Waals surface area contributed by atoms with Crippen molar-refractivity contribution in [2.75, 3.05) is 11.5 Å². The first-order valence-corrected chi connectivity index (χ1v) is 7.64. The van der Waals surface area contributed by atoms with Crippen LogP contribution in [-0.4, -0.2) is 41.7 Å². The first-order chi connectivity index (χ1) is 8.30. The van der Waals surface area contributed by atoms with E-state index in [-0.39, 0.29) is 23.5 Å². The van der Waals surface area contributed by atoms with Crippen LogP contribution < -0.4 is 5.32 Å². The van der Waals surface area contributed by atoms with Crippen molar-refractivity contribution in [3.05, 3.63) is 17.0 Å². The zero-order valence-electron chi connectivity index (χ0n) is 10.7. The van der Waals surface area contributed by atoms with E-state index in [9.17, 15) is 13.2 Å². The Morgan fingerprint density at radius 3 is 2.56 bits per heavy atom. The topological polar surface area (TPSA) is 81.1 Å². The van der Waals surface area contributed by atoms with Crippen molar-refractivity contribution in [3.63, 3.8) is 0 Å². The molecule has 0 saturated carbocycles. The summed E-state index contributed by atoms with van der Waals surface area (Å²) in [6, 6.07) is -0.276. The van der Waals surface area contributed by atoms with E-state index in [1.54, 1.807) is 18.7 Å². The number of aromatic nitrogens is 2. The van der Waals surface area contributed by atoms with E-state index >= 15 is 0 Å². The van der Waals surface area contributed by atoms with Crippen molar-refractivity contribution < 1.29 is 13.2 Å². The fourth-order valence-electron chi connectivity index (χ4n) is 2.27. The lowest BCUT2D eigenvalue weighted by molar-refractivity contribution is 0.0940. The zero-order chi connectivity index (χ0) is 13.5. The number of amides is 1. The van der Waals surface area contributed by atoms with Crippen LogP contribution in [0.15, 0.2) is 0 Å². The second kappa shape index (κ2) is 4.38. The van der Waals surface area contributed by atoms with Gasteiger partial charge in [-0.05, 0) is 20.3 Å². The molecule has 0 bridgehead atoms. The molecule has 1 aliphatic rings. The van der Waals surface area contributed by atoms with Crippen molar-refractivity contribution in [1.29, 1.82) is 0 Å². The summed E-state index contributed by atoms with van der Waals surface area (Å²) < 4.78 is 24.3. The average Bonchev–Trinajstić information content (AvgIpc) is 2.68. The molecule has 1 aromatic heterocycles. The number of nitrogens with one attached hydrogen (secondary N) is 1. The van der Waals surface area contributed by atoms with Crippen LogP contribution in [0, 0.1) is 13.8 Å². The lowest BCUT2D eigenvalue weighted by Crippen LogP contribution is -2.36. The fraction of sp³-hybridized carbons (Fsp3) is 0.636. The molecule has 0 aliphatic carbocycles. The number of hydrogen-bond acceptors (Lipinski definition) is 4. The number of sulfone groups is 1. The Balaban J connectivity index is 2.14. The third kappa shape index (κ3) is 2.40. The van der Waals surface area contributed by atoms with Crippen LogP contribution in [0.4, 0.5) is 0 Å². The minimum atomic E-state index is -2.97. The van der Waals surface area contributed by atoms with Gasteiger partial charge in [0.2, 0.25) is 0 Å². The summed E-state index contributed by atoms with van der Waals surface area (Å²) in [6.45, 7) is 3.59. The number of nitrogens with zero attached hydrogens (tertiary/aromatic N) is 2. The molecule has 0 aromatic carbocycles. The molecule has 1 unspecified atom stereocenters. The van der Waals surface area contributed by atoms with E-state index in [1.807, 2.05) is 6.92 Å². The first kappa shape index (κ1) is 13.1. The number of carbonyl (C=O) groups is 1. The highest BCUT2D eigenvalue weighted by Gasteiger charge is 2.30. The maximum Gasteiger partial charge on any atom is 0.255 e. The molecule has 1 fully saturated rings. The molecule has 1 atom stereocenters. The maximum absolute atomic E-state index is 12.1. The van der Waals surface area contributed by atoms with Crippen LogP contribution in [0.1, 0.15) is 28.2 Å². The van der Waals surface area contributed by atoms with Gasteiger partial charge in [-0.2, -0.15) is 5.10 Å². The molecule has 100 valence electrons. The molecule has 7 heteroatoms. The molecule has 2 rings (SSSR count). The van der Waals surface area contributed by atoms with Gasteiger partial charge in [-0.25, -0.2) is 8.42 Å². The van der Waals surface area contributed by atoms with Crippen molar-refractivity contribution >= 4 is 15.7 Å². The second-order valence-corrected chi connectivity index (χ2v) is 6.97. The van der Waals surface area contributed by atoms with E-state index in [2.05, 4.69) is 10.4 Å². The third-order valence-corrected chi connectivity index (χ3v) is 5.07. The number of rotatable bonds is 2. The Morgan fingerprint density at radius 1 is 1.44 bits per heavy atom. The highest BCUT2D eigenvalue weighted by Crippen LogP contribution is 2.15. The molecule has 1 aliphatic heterocycles. The Bertz CT molecular complexity index is 589. The smallest absolute Gasteiger partial charge is 0.255 e. The van der Waals surface area contributed by atoms with Gasteiger partial charge in [-0.1, -0.05) is 0 Å². The number of aryl methyl sites for hydroxylation is 2. The van der Waals surface area contributed by atoms with Crippen LogP contribution in [0.5, 0.6) is 0 Å². The summed E-state index contributed by atoms with van der Waals surface area (Å²) in [5.74, 6) is -0.0414. The standard InChI is InChI=1S/C11H17N3O3S/c1-7-10(8(2)14(3)13-7)11(15)12-9-4-5-18(16,17)6-9/h9H,4-6H2,1-3H3,(H,12,15). The van der Waals surface area contributed by atoms with Crippen LogP contribution >= 0.6 is 0 Å². The third-order valence-electron chi connectivity index (χ3n) is 3.30. The molecule has 1 N–H and O–H groups in total. The molecular weight excluding hydrogens is 254 g/mol. The first-order valence-electron chi connectivity index (χ1n) is 5.81. The lowest BCUT2D eigenvalue weighted by Gasteiger charge is -2.10. The predicted octanol–water partition coefficient (Wildman–Crippen LogP) is -0.0462. The summed E-state index contributed by atoms with van der Waals surface area (Å²) >= 11 is 0. The molecule has 1 saturated heterocycles. The fourth-order valence-corrected chi connectivity index (χ4v) is 3.94. The van der Waals surface area contributed by atoms with Gasteiger partial charge in [-0.15, -0.1) is 0 Å². The van der Waals surface area contributed by atoms with Crippen LogP contribution in [0.3, 0.4) is 0 Å². The van der Waals surface area contributed by atoms with Gasteiger partial charge >= 0.3 is 0 Å². The summed E-state index contributed by atoms with van der Waals surface area (Å²) in [5, 5.41) is 6.95. The average molecular weight is 271 g/mol. The summed E-state index contributed by atoms with van der Waals surface area (Å²) in [4.78, 5) is 12.1. The summed E-state index contributed by atoms with van der Waals surface area (Å²) in [7, 11) is -1.20. The number of carbonyl (C=O) groups excluding carboxylic acids is 1. The number of hydrogen-bond donors (Lipinski definition) is 1. The van der Waals surface area contributed by atoms with E-state index < -0.39 is 9.84 Å². The highest BCUT2D eigenvalue weighted by molar-refractivity contribution is 7.91. The van der Waals surface area contributed by atoms with Crippen molar-refractivity contribution in [2.45, 2.75) is 26.3 Å². The van der Waals surface area contributed by atoms with Crippen LogP contribution in [-0.2, 0) is 16.9 Å². The van der Waals surface area contributed by atoms with Gasteiger partial charge in [0.25, 0.3) is 5.91 Å². The van der Waals surface area contributed by atoms with Crippen LogP contribution in [0.25, 0.3) is 0 Å². The Labute approximate surface area is 106 Å². The van der Waals surface area contributed by atoms with E-state index in [4.69, 9.17) is 0 Å². The molecule has 6 nitrogen and oxygen atoms in total. The summed E-state index contributed by atoms with van der Waals surface area (Å²) in [5.41, 5.74) is 1.99. The molecule has 18 heavy (non-hydrogen) atoms. The normalized spacial score (nSPS) is 22.1. The Kier molecular flexibility index (Phi) is 3.18. The van der Waals surface area contributed by atoms with Gasteiger partial charge in [0, 0.05) is 18.8 Å². The zero-order valence-corrected chi connectivity index (χ0v) is 11.5. The SMILES string of the molecule is Cc1nn(C)c(C)c1C(=O)NC1CCS(=O)(=O)C1. The Hall–Kier alpha value is -1.37. The monoisotopic (exact) mass is 271 g/mol. The van der Waals surface area contributed by atoms with Gasteiger partial charge in [0.1, 0.15) is 0 Å². The van der Waals surface area contributed by atoms with Crippen LogP contribution in [0.2, 0.25) is 0 Å². The van der Waals surface area contributed by atoms with Crippen molar-refractivity contribution in [3.8, 4) is 0 Å². The molecule has 2 heterocycles. The van der Waals surface area contributed by atoms with E-state index in [0.717, 1.165) is 5.69 Å². The molecule has 1 amide bonds. The molecule has 0 spiro atoms. The largest absolute Gasteiger partial charge is 0.348 e. The maximum atomic E-state index is 12.1. The highest BCUT2D eigenvalue weighted by atomic mass is 32.2. The second-order valence-electron chi connectivity index (χ2n) is 4.74. The quantitative estimate of drug-likeness (QED) is 0.818. The lowest BCUT2D eigenvalue weighted by atomic mass is 10.1. The molecular formula is C11H17N3O3S. The van der Waals surface area contributed by atoms with Gasteiger partial charge in [0.15, 0.2) is 9.84 Å². The van der Waals surface area contributed by atoms with Gasteiger partial charge in [0.05, 0.1) is 22.8 Å². The minimum absolute atomic E-state index is 0.0388. The van der Waals surface area contributed by atoms with Crippen molar-refractivity contribution in [1.82, 2.24) is 15.1 Å². The molecule has 0 radical (unpaired) electrons. The molecule has 1 aromatic rings. The van der Waals surface area contributed by atoms with E-state index in [1.165, 1.54) is 0 Å². The van der Waals surface area contributed by atoms with E-state index in [0.29, 0.717) is 17.7 Å². The Morgan fingerprint density at radius 2 is 2.11 bits per heavy atom. The minimum Gasteiger partial charge on any atom is -0.348 e. The van der Waals surface area contributed by atoms with Gasteiger partial charge < -0.3 is 5.32 Å². The van der Waals surface area contributed by atoms with Gasteiger partial charge in [-0.3, -0.25) is 9.48 Å². The summed E-state index contributed by atoms with van der Waals surface area (Å²) in [6.07, 6.45) is 0.492. The predicted molar refractivity (Wildman–Crippen MR) is 67.2 cm³/mol. The van der Waals surface area contributed by atoms with Crippen molar-refractivity contribution in [2.24, 2.45) is 7.05 Å².